The minimum absolute atomic E-state index is 0.591. The van der Waals surface area contributed by atoms with Crippen LogP contribution < -0.4 is 5.32 Å². The lowest BCUT2D eigenvalue weighted by Crippen LogP contribution is -2.17. The van der Waals surface area contributed by atoms with E-state index >= 15 is 0 Å². The second-order valence-corrected chi connectivity index (χ2v) is 6.35. The molecule has 0 aliphatic rings. The predicted octanol–water partition coefficient (Wildman–Crippen LogP) is 2.28. The number of hydrogen-bond acceptors (Lipinski definition) is 6. The molecule has 0 spiro atoms. The summed E-state index contributed by atoms with van der Waals surface area (Å²) in [6.07, 6.45) is 5.05. The Morgan fingerprint density at radius 2 is 0.958 bits per heavy atom. The zero-order valence-electron chi connectivity index (χ0n) is 15.2. The third kappa shape index (κ3) is 22.5. The molecule has 6 nitrogen and oxygen atoms in total. The van der Waals surface area contributed by atoms with E-state index in [9.17, 15) is 0 Å². The van der Waals surface area contributed by atoms with Crippen molar-refractivity contribution in [3.63, 3.8) is 0 Å². The molecule has 7 heteroatoms. The molecule has 0 aliphatic carbocycles. The number of ether oxygens (including phenoxy) is 5. The summed E-state index contributed by atoms with van der Waals surface area (Å²) in [6.45, 7) is 7.36. The second kappa shape index (κ2) is 23.5. The van der Waals surface area contributed by atoms with Crippen LogP contribution in [0.5, 0.6) is 0 Å². The number of hydrogen-bond donors (Lipinski definition) is 1. The van der Waals surface area contributed by atoms with Crippen LogP contribution in [0.3, 0.4) is 0 Å². The minimum Gasteiger partial charge on any atom is -0.379 e. The van der Waals surface area contributed by atoms with Gasteiger partial charge in [-0.3, -0.25) is 0 Å². The Kier molecular flexibility index (Phi) is 24.0. The van der Waals surface area contributed by atoms with E-state index in [0.29, 0.717) is 52.9 Å². The summed E-state index contributed by atoms with van der Waals surface area (Å²) < 4.78 is 28.4. The summed E-state index contributed by atoms with van der Waals surface area (Å²) in [7, 11) is 1.91. The molecule has 24 heavy (non-hydrogen) atoms. The molecular formula is C17H36INO5. The zero-order chi connectivity index (χ0) is 17.6. The van der Waals surface area contributed by atoms with E-state index in [1.54, 1.807) is 0 Å². The van der Waals surface area contributed by atoms with E-state index in [1.807, 2.05) is 7.05 Å². The van der Waals surface area contributed by atoms with Gasteiger partial charge in [0.05, 0.1) is 59.5 Å². The van der Waals surface area contributed by atoms with Crippen molar-refractivity contribution in [2.24, 2.45) is 0 Å². The van der Waals surface area contributed by atoms with Crippen molar-refractivity contribution in [3.8, 4) is 0 Å². The number of nitrogens with one attached hydrogen (secondary N) is 1. The normalized spacial score (nSPS) is 11.2. The fraction of sp³-hybridized carbons (Fsp3) is 1.00. The Hall–Kier alpha value is 0.490. The molecule has 0 aromatic heterocycles. The van der Waals surface area contributed by atoms with E-state index in [-0.39, 0.29) is 0 Å². The van der Waals surface area contributed by atoms with Gasteiger partial charge < -0.3 is 29.0 Å². The summed E-state index contributed by atoms with van der Waals surface area (Å²) in [5, 5.41) is 3.02. The van der Waals surface area contributed by atoms with Crippen LogP contribution in [-0.2, 0) is 23.7 Å². The van der Waals surface area contributed by atoms with Crippen molar-refractivity contribution in [3.05, 3.63) is 0 Å². The predicted molar refractivity (Wildman–Crippen MR) is 105 cm³/mol. The number of unbranched alkanes of at least 4 members (excludes halogenated alkanes) is 3. The van der Waals surface area contributed by atoms with Crippen molar-refractivity contribution in [1.29, 1.82) is 0 Å². The smallest absolute Gasteiger partial charge is 0.0701 e. The average Bonchev–Trinajstić information content (AvgIpc) is 2.60. The van der Waals surface area contributed by atoms with Crippen LogP contribution in [0, 0.1) is 0 Å². The number of likely N-dealkylation sites (N-methyl/N-ethyl adjacent to an activating group) is 1. The Labute approximate surface area is 161 Å². The maximum atomic E-state index is 5.52. The van der Waals surface area contributed by atoms with Gasteiger partial charge in [0.2, 0.25) is 0 Å². The lowest BCUT2D eigenvalue weighted by atomic mass is 10.2. The molecule has 1 N–H and O–H groups in total. The third-order valence-electron chi connectivity index (χ3n) is 3.16. The third-order valence-corrected chi connectivity index (χ3v) is 3.92. The van der Waals surface area contributed by atoms with Crippen molar-refractivity contribution >= 4 is 22.6 Å². The van der Waals surface area contributed by atoms with Crippen molar-refractivity contribution in [1.82, 2.24) is 5.32 Å². The van der Waals surface area contributed by atoms with Crippen molar-refractivity contribution in [2.45, 2.75) is 25.7 Å². The molecule has 0 rings (SSSR count). The van der Waals surface area contributed by atoms with Gasteiger partial charge in [-0.2, -0.15) is 0 Å². The highest BCUT2D eigenvalue weighted by atomic mass is 127. The average molecular weight is 461 g/mol. The quantitative estimate of drug-likeness (QED) is 0.161. The lowest BCUT2D eigenvalue weighted by Gasteiger charge is -2.08. The second-order valence-electron chi connectivity index (χ2n) is 5.27. The Bertz CT molecular complexity index is 203. The van der Waals surface area contributed by atoms with Gasteiger partial charge in [0.15, 0.2) is 0 Å². The largest absolute Gasteiger partial charge is 0.379 e. The van der Waals surface area contributed by atoms with Crippen LogP contribution in [0.1, 0.15) is 25.7 Å². The Morgan fingerprint density at radius 1 is 0.542 bits per heavy atom. The van der Waals surface area contributed by atoms with E-state index in [2.05, 4.69) is 27.9 Å². The zero-order valence-corrected chi connectivity index (χ0v) is 17.4. The maximum absolute atomic E-state index is 5.52. The molecule has 0 bridgehead atoms. The number of halogens is 1. The van der Waals surface area contributed by atoms with E-state index < -0.39 is 0 Å². The van der Waals surface area contributed by atoms with Gasteiger partial charge in [0.25, 0.3) is 0 Å². The molecule has 0 unspecified atom stereocenters. The summed E-state index contributed by atoms with van der Waals surface area (Å²) in [5.74, 6) is 0. The van der Waals surface area contributed by atoms with Crippen LogP contribution in [0.2, 0.25) is 0 Å². The fourth-order valence-electron chi connectivity index (χ4n) is 1.81. The first kappa shape index (κ1) is 24.5. The summed E-state index contributed by atoms with van der Waals surface area (Å²) in [5.41, 5.74) is 0. The Morgan fingerprint density at radius 3 is 1.42 bits per heavy atom. The van der Waals surface area contributed by atoms with E-state index in [4.69, 9.17) is 23.7 Å². The molecule has 0 fully saturated rings. The number of alkyl halides is 1. The highest BCUT2D eigenvalue weighted by Gasteiger charge is 1.94. The summed E-state index contributed by atoms with van der Waals surface area (Å²) >= 11 is 2.42. The SMILES string of the molecule is CNCCOCCOCCOCCOCCOCCCCCCI. The van der Waals surface area contributed by atoms with E-state index in [0.717, 1.165) is 26.2 Å². The summed E-state index contributed by atoms with van der Waals surface area (Å²) in [4.78, 5) is 0. The fourth-order valence-corrected chi connectivity index (χ4v) is 2.35. The molecule has 0 amide bonds. The van der Waals surface area contributed by atoms with Gasteiger partial charge in [0, 0.05) is 13.2 Å². The molecule has 146 valence electrons. The van der Waals surface area contributed by atoms with Crippen LogP contribution >= 0.6 is 22.6 Å². The van der Waals surface area contributed by atoms with Gasteiger partial charge in [-0.1, -0.05) is 35.4 Å². The Balaban J connectivity index is 2.93. The van der Waals surface area contributed by atoms with Crippen LogP contribution in [0.4, 0.5) is 0 Å². The van der Waals surface area contributed by atoms with Gasteiger partial charge in [-0.25, -0.2) is 0 Å². The molecule has 0 atom stereocenters. The molecule has 0 aliphatic heterocycles. The molecule has 0 aromatic carbocycles. The van der Waals surface area contributed by atoms with Gasteiger partial charge in [-0.15, -0.1) is 0 Å². The monoisotopic (exact) mass is 461 g/mol. The van der Waals surface area contributed by atoms with Crippen LogP contribution in [0.15, 0.2) is 0 Å². The topological polar surface area (TPSA) is 58.2 Å². The highest BCUT2D eigenvalue weighted by Crippen LogP contribution is 2.02. The van der Waals surface area contributed by atoms with Crippen LogP contribution in [-0.4, -0.2) is 84.1 Å². The molecule has 0 radical (unpaired) electrons. The highest BCUT2D eigenvalue weighted by molar-refractivity contribution is 14.1. The standard InChI is InChI=1S/C17H36INO5/c1-19-7-9-21-11-13-23-15-17-24-16-14-22-12-10-20-8-5-3-2-4-6-18/h19H,2-17H2,1H3. The molecule has 0 aromatic rings. The summed E-state index contributed by atoms with van der Waals surface area (Å²) in [6, 6.07) is 0. The first-order valence-electron chi connectivity index (χ1n) is 9.01. The van der Waals surface area contributed by atoms with Crippen molar-refractivity contribution < 1.29 is 23.7 Å². The molecule has 0 heterocycles. The van der Waals surface area contributed by atoms with Gasteiger partial charge in [-0.05, 0) is 24.3 Å². The van der Waals surface area contributed by atoms with Gasteiger partial charge in [0.1, 0.15) is 0 Å². The van der Waals surface area contributed by atoms with Crippen molar-refractivity contribution in [2.75, 3.05) is 84.1 Å². The molecular weight excluding hydrogens is 425 g/mol. The minimum atomic E-state index is 0.591. The molecule has 0 saturated heterocycles. The number of rotatable bonds is 21. The van der Waals surface area contributed by atoms with Gasteiger partial charge >= 0.3 is 0 Å². The first-order valence-corrected chi connectivity index (χ1v) is 10.5. The van der Waals surface area contributed by atoms with E-state index in [1.165, 1.54) is 23.7 Å². The first-order chi connectivity index (χ1) is 11.9. The maximum Gasteiger partial charge on any atom is 0.0701 e. The van der Waals surface area contributed by atoms with Crippen LogP contribution in [0.25, 0.3) is 0 Å². The molecule has 0 saturated carbocycles. The lowest BCUT2D eigenvalue weighted by molar-refractivity contribution is -0.0109.